The molecule has 0 aliphatic carbocycles. The predicted molar refractivity (Wildman–Crippen MR) is 106 cm³/mol. The minimum atomic E-state index is -7.97. The fourth-order valence-corrected chi connectivity index (χ4v) is 3.05. The van der Waals surface area contributed by atoms with E-state index >= 15 is 0 Å². The van der Waals surface area contributed by atoms with E-state index in [9.17, 15) is 61.9 Å². The fraction of sp³-hybridized carbons (Fsp3) is 0.435. The molecule has 0 N–H and O–H groups in total. The number of carbonyl (C=O) groups excluding carboxylic acids is 1. The number of benzene rings is 2. The van der Waals surface area contributed by atoms with Gasteiger partial charge in [-0.1, -0.05) is 42.5 Å². The Labute approximate surface area is 206 Å². The molecule has 212 valence electrons. The van der Waals surface area contributed by atoms with E-state index in [-0.39, 0.29) is 37.1 Å². The first-order chi connectivity index (χ1) is 17.2. The minimum absolute atomic E-state index is 0.0320. The summed E-state index contributed by atoms with van der Waals surface area (Å²) in [5.74, 6) is -37.6. The molecule has 0 heterocycles. The van der Waals surface area contributed by atoms with Gasteiger partial charge in [0, 0.05) is 17.5 Å². The van der Waals surface area contributed by atoms with Crippen molar-refractivity contribution in [2.45, 2.75) is 55.1 Å². The molecule has 0 aromatic heterocycles. The van der Waals surface area contributed by atoms with Crippen molar-refractivity contribution in [3.8, 4) is 5.75 Å². The second kappa shape index (κ2) is 10.6. The van der Waals surface area contributed by atoms with Gasteiger partial charge in [-0.25, -0.2) is 0 Å². The van der Waals surface area contributed by atoms with Gasteiger partial charge < -0.3 is 4.74 Å². The zero-order valence-corrected chi connectivity index (χ0v) is 18.8. The molecule has 0 amide bonds. The first-order valence-electron chi connectivity index (χ1n) is 10.5. The number of rotatable bonds is 12. The Bertz CT molecular complexity index is 1080. The molecule has 0 atom stereocenters. The van der Waals surface area contributed by atoms with Gasteiger partial charge >= 0.3 is 35.8 Å². The fourth-order valence-electron chi connectivity index (χ4n) is 3.05. The highest BCUT2D eigenvalue weighted by atomic mass is 19.4. The molecule has 0 spiro atoms. The third-order valence-electron chi connectivity index (χ3n) is 5.31. The number of ketones is 1. The molecule has 2 nitrogen and oxygen atoms in total. The quantitative estimate of drug-likeness (QED) is 0.145. The van der Waals surface area contributed by atoms with E-state index in [1.807, 2.05) is 0 Å². The maximum Gasteiger partial charge on any atom is 0.460 e. The Kier molecular flexibility index (Phi) is 8.74. The lowest BCUT2D eigenvalue weighted by molar-refractivity contribution is -0.441. The van der Waals surface area contributed by atoms with Crippen LogP contribution in [0.25, 0.3) is 0 Å². The van der Waals surface area contributed by atoms with Crippen molar-refractivity contribution < 1.29 is 66.6 Å². The first kappa shape index (κ1) is 31.2. The van der Waals surface area contributed by atoms with E-state index in [1.165, 1.54) is 0 Å². The highest BCUT2D eigenvalue weighted by Gasteiger charge is 2.90. The summed E-state index contributed by atoms with van der Waals surface area (Å²) in [5, 5.41) is 0. The zero-order valence-electron chi connectivity index (χ0n) is 18.8. The average molecular weight is 572 g/mol. The number of unbranched alkanes of at least 4 members (excludes halogenated alkanes) is 1. The number of ether oxygens (including phenoxy) is 1. The SMILES string of the molecule is O=C(CCCCOc1ccccc1)c1ccc(C(F)(F)C(F)(F)C(F)(F)C(F)(F)C(F)(F)C(F)(F)F)cc1. The van der Waals surface area contributed by atoms with E-state index in [2.05, 4.69) is 0 Å². The van der Waals surface area contributed by atoms with Crippen LogP contribution in [0, 0.1) is 0 Å². The van der Waals surface area contributed by atoms with Crippen LogP contribution < -0.4 is 4.74 Å². The van der Waals surface area contributed by atoms with Gasteiger partial charge in [-0.05, 0) is 25.0 Å². The lowest BCUT2D eigenvalue weighted by Crippen LogP contribution is -2.69. The van der Waals surface area contributed by atoms with Crippen molar-refractivity contribution in [3.63, 3.8) is 0 Å². The van der Waals surface area contributed by atoms with Crippen LogP contribution in [0.5, 0.6) is 5.75 Å². The topological polar surface area (TPSA) is 26.3 Å². The summed E-state index contributed by atoms with van der Waals surface area (Å²) in [5.41, 5.74) is -2.52. The number of halogens is 13. The first-order valence-corrected chi connectivity index (χ1v) is 10.5. The Hall–Kier alpha value is -3.00. The summed E-state index contributed by atoms with van der Waals surface area (Å²) in [4.78, 5) is 12.1. The molecular weight excluding hydrogens is 555 g/mol. The van der Waals surface area contributed by atoms with Gasteiger partial charge in [0.1, 0.15) is 5.75 Å². The van der Waals surface area contributed by atoms with Crippen molar-refractivity contribution in [1.29, 1.82) is 0 Å². The average Bonchev–Trinajstić information content (AvgIpc) is 2.83. The zero-order chi connectivity index (χ0) is 29.2. The van der Waals surface area contributed by atoms with E-state index < -0.39 is 47.1 Å². The predicted octanol–water partition coefficient (Wildman–Crippen LogP) is 8.31. The summed E-state index contributed by atoms with van der Waals surface area (Å²) in [7, 11) is 0. The molecule has 38 heavy (non-hydrogen) atoms. The molecule has 0 aliphatic heterocycles. The van der Waals surface area contributed by atoms with Crippen molar-refractivity contribution in [1.82, 2.24) is 0 Å². The van der Waals surface area contributed by atoms with Gasteiger partial charge in [0.15, 0.2) is 5.78 Å². The number of hydrogen-bond acceptors (Lipinski definition) is 2. The number of alkyl halides is 13. The van der Waals surface area contributed by atoms with Gasteiger partial charge in [-0.2, -0.15) is 57.1 Å². The van der Waals surface area contributed by atoms with Crippen molar-refractivity contribution >= 4 is 5.78 Å². The third-order valence-corrected chi connectivity index (χ3v) is 5.31. The van der Waals surface area contributed by atoms with Crippen LogP contribution in [0.1, 0.15) is 35.2 Å². The molecule has 0 unspecified atom stereocenters. The minimum Gasteiger partial charge on any atom is -0.494 e. The summed E-state index contributed by atoms with van der Waals surface area (Å²) < 4.78 is 178. The molecule has 0 fully saturated rings. The molecule has 0 bridgehead atoms. The maximum atomic E-state index is 14.2. The maximum absolute atomic E-state index is 14.2. The largest absolute Gasteiger partial charge is 0.494 e. The Balaban J connectivity index is 2.13. The number of Topliss-reactive ketones (excluding diaryl/α,β-unsaturated/α-hetero) is 1. The van der Waals surface area contributed by atoms with Crippen LogP contribution >= 0.6 is 0 Å². The Morgan fingerprint density at radius 3 is 1.61 bits per heavy atom. The van der Waals surface area contributed by atoms with E-state index in [4.69, 9.17) is 4.74 Å². The molecule has 0 saturated heterocycles. The van der Waals surface area contributed by atoms with Gasteiger partial charge in [-0.3, -0.25) is 4.79 Å². The van der Waals surface area contributed by atoms with Crippen LogP contribution in [0.15, 0.2) is 54.6 Å². The Morgan fingerprint density at radius 2 is 1.11 bits per heavy atom. The molecule has 2 aromatic carbocycles. The van der Waals surface area contributed by atoms with Crippen LogP contribution in [0.2, 0.25) is 0 Å². The summed E-state index contributed by atoms with van der Waals surface area (Å²) in [6.45, 7) is 0.198. The smallest absolute Gasteiger partial charge is 0.460 e. The van der Waals surface area contributed by atoms with Crippen molar-refractivity contribution in [2.24, 2.45) is 0 Å². The standard InChI is InChI=1S/C23H17F13O2/c24-18(25,19(26,27)20(28,29)21(30,31)22(32,33)23(34,35)36)15-11-9-14(10-12-15)17(37)8-4-5-13-38-16-6-2-1-3-7-16/h1-3,6-7,9-12H,4-5,8,13H2. The van der Waals surface area contributed by atoms with Crippen LogP contribution in [-0.2, 0) is 5.92 Å². The molecule has 0 radical (unpaired) electrons. The van der Waals surface area contributed by atoms with Crippen LogP contribution in [0.4, 0.5) is 57.1 Å². The molecule has 0 saturated carbocycles. The van der Waals surface area contributed by atoms with Crippen molar-refractivity contribution in [3.05, 3.63) is 65.7 Å². The molecule has 15 heteroatoms. The lowest BCUT2D eigenvalue weighted by Gasteiger charge is -2.39. The monoisotopic (exact) mass is 572 g/mol. The highest BCUT2D eigenvalue weighted by molar-refractivity contribution is 5.96. The van der Waals surface area contributed by atoms with Gasteiger partial charge in [0.2, 0.25) is 0 Å². The number of para-hydroxylation sites is 1. The molecule has 2 rings (SSSR count). The second-order valence-electron chi connectivity index (χ2n) is 7.99. The van der Waals surface area contributed by atoms with Crippen molar-refractivity contribution in [2.75, 3.05) is 6.61 Å². The highest BCUT2D eigenvalue weighted by Crippen LogP contribution is 2.62. The Morgan fingerprint density at radius 1 is 0.605 bits per heavy atom. The van der Waals surface area contributed by atoms with Gasteiger partial charge in [-0.15, -0.1) is 0 Å². The second-order valence-corrected chi connectivity index (χ2v) is 7.99. The molecular formula is C23H17F13O2. The van der Waals surface area contributed by atoms with Gasteiger partial charge in [0.05, 0.1) is 6.61 Å². The van der Waals surface area contributed by atoms with Crippen LogP contribution in [-0.4, -0.2) is 42.3 Å². The molecule has 0 aliphatic rings. The van der Waals surface area contributed by atoms with Gasteiger partial charge in [0.25, 0.3) is 0 Å². The number of carbonyl (C=O) groups is 1. The molecule has 2 aromatic rings. The summed E-state index contributed by atoms with van der Waals surface area (Å²) >= 11 is 0. The summed E-state index contributed by atoms with van der Waals surface area (Å²) in [6.07, 6.45) is -7.09. The lowest BCUT2D eigenvalue weighted by atomic mass is 9.90. The number of hydrogen-bond donors (Lipinski definition) is 0. The third kappa shape index (κ3) is 5.55. The van der Waals surface area contributed by atoms with E-state index in [0.717, 1.165) is 0 Å². The van der Waals surface area contributed by atoms with E-state index in [0.29, 0.717) is 24.3 Å². The normalized spacial score (nSPS) is 13.9. The van der Waals surface area contributed by atoms with E-state index in [1.54, 1.807) is 30.3 Å². The summed E-state index contributed by atoms with van der Waals surface area (Å²) in [6, 6.07) is 9.38. The van der Waals surface area contributed by atoms with Crippen LogP contribution in [0.3, 0.4) is 0 Å².